The first-order valence-corrected chi connectivity index (χ1v) is 9.86. The molecule has 2 atom stereocenters. The van der Waals surface area contributed by atoms with Crippen LogP contribution >= 0.6 is 0 Å². The van der Waals surface area contributed by atoms with Crippen LogP contribution in [0.15, 0.2) is 46.6 Å². The predicted octanol–water partition coefficient (Wildman–Crippen LogP) is 2.00. The lowest BCUT2D eigenvalue weighted by Crippen LogP contribution is -2.38. The van der Waals surface area contributed by atoms with Gasteiger partial charge in [-0.15, -0.1) is 0 Å². The number of hydrogen-bond donors (Lipinski definition) is 2. The molecule has 0 spiro atoms. The van der Waals surface area contributed by atoms with E-state index in [0.717, 1.165) is 11.1 Å². The molecule has 1 aliphatic rings. The number of rotatable bonds is 3. The summed E-state index contributed by atoms with van der Waals surface area (Å²) in [6, 6.07) is 8.78. The Bertz CT molecular complexity index is 1030. The van der Waals surface area contributed by atoms with Crippen molar-refractivity contribution in [3.63, 3.8) is 0 Å². The van der Waals surface area contributed by atoms with Gasteiger partial charge >= 0.3 is 0 Å². The van der Waals surface area contributed by atoms with Crippen molar-refractivity contribution in [2.75, 3.05) is 5.75 Å². The Hall–Kier alpha value is -2.60. The Morgan fingerprint density at radius 1 is 1.24 bits per heavy atom. The Kier molecular flexibility index (Phi) is 4.39. The van der Waals surface area contributed by atoms with Crippen LogP contribution in [0, 0.1) is 13.8 Å². The maximum atomic E-state index is 12.3. The maximum absolute atomic E-state index is 12.3. The minimum atomic E-state index is -2.27. The van der Waals surface area contributed by atoms with Crippen molar-refractivity contribution in [3.8, 4) is 11.3 Å². The van der Waals surface area contributed by atoms with Gasteiger partial charge in [0, 0.05) is 11.4 Å². The molecule has 0 radical (unpaired) electrons. The van der Waals surface area contributed by atoms with Crippen LogP contribution in [-0.4, -0.2) is 32.8 Å². The molecule has 1 aliphatic heterocycles. The van der Waals surface area contributed by atoms with Crippen LogP contribution in [0.2, 0.25) is 0 Å². The molecule has 0 aliphatic carbocycles. The molecule has 25 heavy (non-hydrogen) atoms. The Morgan fingerprint density at radius 2 is 2.00 bits per heavy atom. The highest BCUT2D eigenvalue weighted by Gasteiger charge is 2.21. The molecule has 2 heterocycles. The Balaban J connectivity index is 1.82. The van der Waals surface area contributed by atoms with Crippen molar-refractivity contribution in [1.29, 1.82) is 0 Å². The molecular weight excluding hydrogens is 336 g/mol. The highest BCUT2D eigenvalue weighted by Crippen LogP contribution is 2.19. The van der Waals surface area contributed by atoms with Gasteiger partial charge in [-0.2, -0.15) is 0 Å². The smallest absolute Gasteiger partial charge is 0.261 e. The lowest BCUT2D eigenvalue weighted by Gasteiger charge is -2.11. The quantitative estimate of drug-likeness (QED) is 0.826. The van der Waals surface area contributed by atoms with Crippen LogP contribution < -0.4 is 10.9 Å². The topological polar surface area (TPSA) is 79.0 Å². The van der Waals surface area contributed by atoms with Gasteiger partial charge in [0.15, 0.2) is 0 Å². The number of pyridine rings is 1. The highest BCUT2D eigenvalue weighted by atomic mass is 32.2. The van der Waals surface area contributed by atoms with Gasteiger partial charge < -0.3 is 10.3 Å². The molecule has 2 N–H and O–H groups in total. The monoisotopic (exact) mass is 356 g/mol. The number of benzene rings is 1. The molecule has 1 aromatic carbocycles. The number of amides is 1. The SMILES string of the molecule is C=S1(=O)C=C[C@@H](NC(=O)c2ccc(-c3ccc(C)c(C)c3)[nH]c2=O)C1. The van der Waals surface area contributed by atoms with Gasteiger partial charge in [0.05, 0.1) is 6.04 Å². The Morgan fingerprint density at radius 3 is 2.60 bits per heavy atom. The molecule has 130 valence electrons. The van der Waals surface area contributed by atoms with E-state index in [1.165, 1.54) is 17.0 Å². The van der Waals surface area contributed by atoms with Gasteiger partial charge in [-0.05, 0) is 69.5 Å². The summed E-state index contributed by atoms with van der Waals surface area (Å²) in [6.45, 7) is 4.03. The van der Waals surface area contributed by atoms with E-state index in [1.807, 2.05) is 32.0 Å². The van der Waals surface area contributed by atoms with Gasteiger partial charge in [0.25, 0.3) is 11.5 Å². The molecule has 2 aromatic rings. The second-order valence-electron chi connectivity index (χ2n) is 6.36. The molecular formula is C19H20N2O3S. The maximum Gasteiger partial charge on any atom is 0.261 e. The molecule has 0 bridgehead atoms. The van der Waals surface area contributed by atoms with Crippen molar-refractivity contribution < 1.29 is 9.00 Å². The van der Waals surface area contributed by atoms with Crippen LogP contribution in [0.5, 0.6) is 0 Å². The van der Waals surface area contributed by atoms with Crippen molar-refractivity contribution in [1.82, 2.24) is 10.3 Å². The summed E-state index contributed by atoms with van der Waals surface area (Å²) < 4.78 is 11.8. The van der Waals surface area contributed by atoms with Crippen molar-refractivity contribution in [2.24, 2.45) is 0 Å². The molecule has 1 amide bonds. The summed E-state index contributed by atoms with van der Waals surface area (Å²) >= 11 is 0. The molecule has 0 saturated carbocycles. The molecule has 1 aromatic heterocycles. The predicted molar refractivity (Wildman–Crippen MR) is 102 cm³/mol. The summed E-state index contributed by atoms with van der Waals surface area (Å²) in [7, 11) is -2.27. The van der Waals surface area contributed by atoms with E-state index in [1.54, 1.807) is 12.1 Å². The van der Waals surface area contributed by atoms with Crippen LogP contribution in [-0.2, 0) is 9.52 Å². The average Bonchev–Trinajstić information content (AvgIpc) is 2.88. The van der Waals surface area contributed by atoms with E-state index in [0.29, 0.717) is 5.69 Å². The van der Waals surface area contributed by atoms with Gasteiger partial charge in [-0.3, -0.25) is 13.8 Å². The molecule has 0 fully saturated rings. The van der Waals surface area contributed by atoms with E-state index in [2.05, 4.69) is 16.2 Å². The first-order valence-electron chi connectivity index (χ1n) is 7.90. The minimum Gasteiger partial charge on any atom is -0.345 e. The molecule has 1 unspecified atom stereocenters. The number of aryl methyl sites for hydroxylation is 2. The van der Waals surface area contributed by atoms with Gasteiger partial charge in [0.2, 0.25) is 0 Å². The third-order valence-electron chi connectivity index (χ3n) is 4.31. The molecule has 0 saturated heterocycles. The van der Waals surface area contributed by atoms with Crippen molar-refractivity contribution in [3.05, 3.63) is 68.9 Å². The van der Waals surface area contributed by atoms with Gasteiger partial charge in [-0.1, -0.05) is 18.2 Å². The fourth-order valence-corrected chi connectivity index (χ4v) is 4.11. The number of nitrogens with one attached hydrogen (secondary N) is 2. The van der Waals surface area contributed by atoms with E-state index in [4.69, 9.17) is 0 Å². The first-order chi connectivity index (χ1) is 11.7. The second kappa shape index (κ2) is 6.37. The molecule has 5 nitrogen and oxygen atoms in total. The number of hydrogen-bond acceptors (Lipinski definition) is 3. The van der Waals surface area contributed by atoms with Crippen LogP contribution in [0.3, 0.4) is 0 Å². The molecule has 3 rings (SSSR count). The number of carbonyl (C=O) groups is 1. The Labute approximate surface area is 146 Å². The zero-order chi connectivity index (χ0) is 18.2. The first kappa shape index (κ1) is 17.2. The lowest BCUT2D eigenvalue weighted by molar-refractivity contribution is 0.0946. The number of aromatic amines is 1. The number of H-pyrrole nitrogens is 1. The fourth-order valence-electron chi connectivity index (χ4n) is 2.72. The van der Waals surface area contributed by atoms with Gasteiger partial charge in [-0.25, -0.2) is 0 Å². The third-order valence-corrected chi connectivity index (χ3v) is 5.89. The number of aromatic nitrogens is 1. The summed E-state index contributed by atoms with van der Waals surface area (Å²) in [4.78, 5) is 27.4. The largest absolute Gasteiger partial charge is 0.345 e. The summed E-state index contributed by atoms with van der Waals surface area (Å²) in [5.74, 6) is 3.37. The van der Waals surface area contributed by atoms with Crippen LogP contribution in [0.25, 0.3) is 11.3 Å². The second-order valence-corrected chi connectivity index (χ2v) is 8.70. The normalized spacial score (nSPS) is 22.1. The van der Waals surface area contributed by atoms with Crippen LogP contribution in [0.1, 0.15) is 21.5 Å². The zero-order valence-electron chi connectivity index (χ0n) is 14.2. The summed E-state index contributed by atoms with van der Waals surface area (Å²) in [5, 5.41) is 4.22. The minimum absolute atomic E-state index is 0.0310. The van der Waals surface area contributed by atoms with E-state index in [-0.39, 0.29) is 17.4 Å². The molecule has 6 heteroatoms. The van der Waals surface area contributed by atoms with Gasteiger partial charge in [0.1, 0.15) is 5.56 Å². The number of carbonyl (C=O) groups excluding carboxylic acids is 1. The zero-order valence-corrected chi connectivity index (χ0v) is 15.0. The summed E-state index contributed by atoms with van der Waals surface area (Å²) in [5.41, 5.74) is 3.43. The lowest BCUT2D eigenvalue weighted by atomic mass is 10.0. The standard InChI is InChI=1S/C19H20N2O3S/c1-12-4-5-14(10-13(12)2)17-7-6-16(19(23)21-17)18(22)20-15-8-9-25(3,24)11-15/h4-10,15H,3,11H2,1-2H3,(H,20,22)(H,21,23)/t15-,25?/m1/s1. The average molecular weight is 356 g/mol. The van der Waals surface area contributed by atoms with E-state index >= 15 is 0 Å². The van der Waals surface area contributed by atoms with E-state index < -0.39 is 21.0 Å². The van der Waals surface area contributed by atoms with Crippen molar-refractivity contribution >= 4 is 21.3 Å². The van der Waals surface area contributed by atoms with E-state index in [9.17, 15) is 13.8 Å². The van der Waals surface area contributed by atoms with Crippen LogP contribution in [0.4, 0.5) is 0 Å². The third kappa shape index (κ3) is 3.74. The fraction of sp³-hybridized carbons (Fsp3) is 0.211. The summed E-state index contributed by atoms with van der Waals surface area (Å²) in [6.07, 6.45) is 1.66. The van der Waals surface area contributed by atoms with Crippen molar-refractivity contribution in [2.45, 2.75) is 19.9 Å². The highest BCUT2D eigenvalue weighted by molar-refractivity contribution is 8.03.